The molecule has 1 aromatic carbocycles. The molecule has 11 heteroatoms. The highest BCUT2D eigenvalue weighted by molar-refractivity contribution is 7.12. The lowest BCUT2D eigenvalue weighted by Gasteiger charge is -2.31. The number of carbonyl (C=O) groups is 1. The van der Waals surface area contributed by atoms with Gasteiger partial charge in [-0.2, -0.15) is 4.98 Å². The molecule has 0 spiro atoms. The van der Waals surface area contributed by atoms with Gasteiger partial charge in [-0.1, -0.05) is 26.8 Å². The van der Waals surface area contributed by atoms with Gasteiger partial charge in [0.2, 0.25) is 11.1 Å². The molecule has 0 aliphatic carbocycles. The maximum Gasteiger partial charge on any atom is 0.410 e. The minimum absolute atomic E-state index is 0.103. The molecule has 1 aliphatic heterocycles. The van der Waals surface area contributed by atoms with Crippen molar-refractivity contribution in [3.63, 3.8) is 0 Å². The van der Waals surface area contributed by atoms with Crippen LogP contribution in [-0.4, -0.2) is 47.5 Å². The van der Waals surface area contributed by atoms with Crippen molar-refractivity contribution >= 4 is 40.1 Å². The topological polar surface area (TPSA) is 107 Å². The molecule has 1 aliphatic rings. The molecule has 40 heavy (non-hydrogen) atoms. The number of ether oxygens (including phenoxy) is 1. The zero-order valence-electron chi connectivity index (χ0n) is 24.4. The predicted molar refractivity (Wildman–Crippen MR) is 158 cm³/mol. The Morgan fingerprint density at radius 3 is 2.50 bits per heavy atom. The number of benzene rings is 1. The van der Waals surface area contributed by atoms with Crippen LogP contribution >= 0.6 is 11.3 Å². The molecular formula is C29H37N7O3S. The van der Waals surface area contributed by atoms with E-state index < -0.39 is 5.60 Å². The largest absolute Gasteiger partial charge is 0.444 e. The molecule has 0 radical (unpaired) electrons. The van der Waals surface area contributed by atoms with E-state index in [2.05, 4.69) is 37.1 Å². The molecule has 4 heterocycles. The molecule has 1 N–H and O–H groups in total. The molecule has 10 nitrogen and oxygen atoms in total. The number of amides is 1. The molecule has 0 fully saturated rings. The first-order chi connectivity index (χ1) is 18.7. The number of nitrogens with zero attached hydrogens (tertiary/aromatic N) is 6. The summed E-state index contributed by atoms with van der Waals surface area (Å²) in [5.74, 6) is 0.370. The van der Waals surface area contributed by atoms with Gasteiger partial charge in [0.25, 0.3) is 5.56 Å². The van der Waals surface area contributed by atoms with Gasteiger partial charge in [-0.05, 0) is 64.3 Å². The van der Waals surface area contributed by atoms with E-state index in [-0.39, 0.29) is 23.1 Å². The van der Waals surface area contributed by atoms with Crippen LogP contribution in [-0.2, 0) is 23.1 Å². The summed E-state index contributed by atoms with van der Waals surface area (Å²) in [6.07, 6.45) is 2.02. The molecule has 0 saturated heterocycles. The Hall–Kier alpha value is -3.73. The van der Waals surface area contributed by atoms with E-state index in [1.54, 1.807) is 20.5 Å². The summed E-state index contributed by atoms with van der Waals surface area (Å²) in [7, 11) is 0. The number of hydrogen-bond donors (Lipinski definition) is 1. The van der Waals surface area contributed by atoms with Gasteiger partial charge in [0.15, 0.2) is 5.65 Å². The average Bonchev–Trinajstić information content (AvgIpc) is 3.45. The molecule has 5 rings (SSSR count). The Bertz CT molecular complexity index is 1640. The monoisotopic (exact) mass is 563 g/mol. The molecule has 0 saturated carbocycles. The van der Waals surface area contributed by atoms with Gasteiger partial charge in [-0.15, -0.1) is 11.3 Å². The maximum atomic E-state index is 13.3. The molecule has 0 unspecified atom stereocenters. The second kappa shape index (κ2) is 10.0. The minimum atomic E-state index is -0.543. The first-order valence-corrected chi connectivity index (χ1v) is 14.4. The zero-order valence-corrected chi connectivity index (χ0v) is 25.2. The van der Waals surface area contributed by atoms with E-state index in [1.165, 1.54) is 16.9 Å². The van der Waals surface area contributed by atoms with Crippen molar-refractivity contribution in [2.24, 2.45) is 0 Å². The van der Waals surface area contributed by atoms with Crippen LogP contribution in [0.1, 0.15) is 78.3 Å². The Kier molecular flexibility index (Phi) is 6.98. The van der Waals surface area contributed by atoms with Crippen molar-refractivity contribution < 1.29 is 9.53 Å². The Morgan fingerprint density at radius 2 is 1.85 bits per heavy atom. The molecule has 0 bridgehead atoms. The third-order valence-electron chi connectivity index (χ3n) is 6.68. The van der Waals surface area contributed by atoms with E-state index >= 15 is 0 Å². The maximum absolute atomic E-state index is 13.3. The van der Waals surface area contributed by atoms with Gasteiger partial charge in [0, 0.05) is 41.8 Å². The van der Waals surface area contributed by atoms with Gasteiger partial charge in [0.05, 0.1) is 5.69 Å². The molecule has 1 amide bonds. The summed E-state index contributed by atoms with van der Waals surface area (Å²) in [5.41, 5.74) is 3.68. The van der Waals surface area contributed by atoms with Gasteiger partial charge < -0.3 is 15.0 Å². The Morgan fingerprint density at radius 1 is 1.10 bits per heavy atom. The van der Waals surface area contributed by atoms with Gasteiger partial charge >= 0.3 is 6.09 Å². The summed E-state index contributed by atoms with van der Waals surface area (Å²) in [4.78, 5) is 41.8. The molecule has 4 aromatic rings. The van der Waals surface area contributed by atoms with Crippen molar-refractivity contribution in [3.05, 3.63) is 57.0 Å². The van der Waals surface area contributed by atoms with E-state index in [0.717, 1.165) is 23.4 Å². The lowest BCUT2D eigenvalue weighted by Crippen LogP contribution is -2.39. The summed E-state index contributed by atoms with van der Waals surface area (Å²) < 4.78 is 9.06. The summed E-state index contributed by atoms with van der Waals surface area (Å²) >= 11 is 1.49. The highest BCUT2D eigenvalue weighted by Gasteiger charge is 2.27. The second-order valence-corrected chi connectivity index (χ2v) is 13.3. The smallest absolute Gasteiger partial charge is 0.410 e. The van der Waals surface area contributed by atoms with Crippen molar-refractivity contribution in [1.82, 2.24) is 29.2 Å². The third kappa shape index (κ3) is 5.47. The van der Waals surface area contributed by atoms with Crippen molar-refractivity contribution in [2.45, 2.75) is 85.4 Å². The normalized spacial score (nSPS) is 14.1. The van der Waals surface area contributed by atoms with E-state index in [4.69, 9.17) is 14.7 Å². The zero-order chi connectivity index (χ0) is 29.0. The lowest BCUT2D eigenvalue weighted by molar-refractivity contribution is 0.0224. The van der Waals surface area contributed by atoms with Crippen LogP contribution in [0, 0.1) is 0 Å². The fraction of sp³-hybridized carbons (Fsp3) is 0.483. The number of aromatic nitrogens is 5. The summed E-state index contributed by atoms with van der Waals surface area (Å²) in [6.45, 7) is 17.0. The number of thiazole rings is 1. The summed E-state index contributed by atoms with van der Waals surface area (Å²) in [5, 5.41) is 6.45. The number of fused-ring (bicyclic) bond motifs is 2. The highest BCUT2D eigenvalue weighted by atomic mass is 32.1. The SMILES string of the molecule is CC(C)n1c(=O)c2cnc(Nc3ccc4c(c3)CN(C(=O)OC(C)(C)C)CC4)nc2n1-c1nc(C(C)(C)C)cs1. The fourth-order valence-corrected chi connectivity index (χ4v) is 5.71. The van der Waals surface area contributed by atoms with Crippen molar-refractivity contribution in [2.75, 3.05) is 11.9 Å². The number of rotatable bonds is 4. The second-order valence-electron chi connectivity index (χ2n) is 12.5. The van der Waals surface area contributed by atoms with Crippen LogP contribution < -0.4 is 10.9 Å². The average molecular weight is 564 g/mol. The molecule has 0 atom stereocenters. The van der Waals surface area contributed by atoms with Gasteiger partial charge in [0.1, 0.15) is 11.0 Å². The third-order valence-corrected chi connectivity index (χ3v) is 7.50. The number of nitrogens with one attached hydrogen (secondary N) is 1. The highest BCUT2D eigenvalue weighted by Crippen LogP contribution is 2.29. The van der Waals surface area contributed by atoms with E-state index in [0.29, 0.717) is 35.2 Å². The van der Waals surface area contributed by atoms with Crippen LogP contribution in [0.2, 0.25) is 0 Å². The first kappa shape index (κ1) is 27.8. The number of carbonyl (C=O) groups excluding carboxylic acids is 1. The van der Waals surface area contributed by atoms with Crippen molar-refractivity contribution in [1.29, 1.82) is 0 Å². The molecular weight excluding hydrogens is 526 g/mol. The van der Waals surface area contributed by atoms with E-state index in [9.17, 15) is 9.59 Å². The Labute approximate surface area is 238 Å². The first-order valence-electron chi connectivity index (χ1n) is 13.5. The van der Waals surface area contributed by atoms with Crippen LogP contribution in [0.4, 0.5) is 16.4 Å². The quantitative estimate of drug-likeness (QED) is 0.327. The Balaban J connectivity index is 1.48. The summed E-state index contributed by atoms with van der Waals surface area (Å²) in [6, 6.07) is 5.96. The fourth-order valence-electron chi connectivity index (χ4n) is 4.66. The van der Waals surface area contributed by atoms with Gasteiger partial charge in [-0.25, -0.2) is 24.1 Å². The van der Waals surface area contributed by atoms with Crippen LogP contribution in [0.5, 0.6) is 0 Å². The predicted octanol–water partition coefficient (Wildman–Crippen LogP) is 5.95. The van der Waals surface area contributed by atoms with Crippen molar-refractivity contribution in [3.8, 4) is 5.13 Å². The number of anilines is 2. The van der Waals surface area contributed by atoms with Crippen LogP contribution in [0.3, 0.4) is 0 Å². The number of hydrogen-bond acceptors (Lipinski definition) is 8. The lowest BCUT2D eigenvalue weighted by atomic mass is 9.93. The van der Waals surface area contributed by atoms with Crippen LogP contribution in [0.15, 0.2) is 34.6 Å². The standard InChI is InChI=1S/C29H37N7O3S/c1-17(2)35-24(37)21-14-30-25(33-23(21)36(35)26-32-22(16-40-26)28(3,4)5)31-20-10-9-18-11-12-34(15-19(18)13-20)27(38)39-29(6,7)8/h9-10,13-14,16-17H,11-12,15H2,1-8H3,(H,30,31,33). The molecule has 3 aromatic heterocycles. The van der Waals surface area contributed by atoms with E-state index in [1.807, 2.05) is 52.1 Å². The minimum Gasteiger partial charge on any atom is -0.444 e. The van der Waals surface area contributed by atoms with Crippen LogP contribution in [0.25, 0.3) is 16.2 Å². The van der Waals surface area contributed by atoms with Gasteiger partial charge in [-0.3, -0.25) is 4.79 Å². The molecule has 212 valence electrons.